The molecule has 0 radical (unpaired) electrons. The Morgan fingerprint density at radius 1 is 1.09 bits per heavy atom. The summed E-state index contributed by atoms with van der Waals surface area (Å²) in [7, 11) is 0. The number of Topliss-reactive ketones (excluding diaryl/α,β-unsaturated/α-hetero) is 1. The number of carbonyl (C=O) groups excluding carboxylic acids is 1. The van der Waals surface area contributed by atoms with Crippen LogP contribution in [0.25, 0.3) is 10.9 Å². The first-order valence-corrected chi connectivity index (χ1v) is 12.8. The van der Waals surface area contributed by atoms with Crippen LogP contribution in [0.1, 0.15) is 80.4 Å². The number of aliphatic hydroxyl groups excluding tert-OH is 1. The molecule has 0 saturated heterocycles. The number of nitrogens with two attached hydrogens (primary N) is 1. The van der Waals surface area contributed by atoms with Gasteiger partial charge in [-0.25, -0.2) is 9.97 Å². The molecule has 1 saturated carbocycles. The number of nitrogen functional groups attached to an aromatic ring is 1. The highest BCUT2D eigenvalue weighted by atomic mass is 16.3. The fourth-order valence-electron chi connectivity index (χ4n) is 5.46. The van der Waals surface area contributed by atoms with Crippen molar-refractivity contribution in [1.82, 2.24) is 9.97 Å². The lowest BCUT2D eigenvalue weighted by Gasteiger charge is -2.29. The fraction of sp³-hybridized carbons (Fsp3) is 0.483. The van der Waals surface area contributed by atoms with Gasteiger partial charge in [0.25, 0.3) is 0 Å². The van der Waals surface area contributed by atoms with Crippen LogP contribution in [-0.4, -0.2) is 27.5 Å². The summed E-state index contributed by atoms with van der Waals surface area (Å²) < 4.78 is 0. The van der Waals surface area contributed by atoms with Crippen molar-refractivity contribution < 1.29 is 9.90 Å². The molecule has 6 nitrogen and oxygen atoms in total. The standard InChI is InChI=1S/C29H38N4O2/c1-17-13-24(15-25(30)14-17)19(3)31-29-26-16-23(9-10-27(26)32-20(4)33-29)21-5-7-22(8-6-21)28(35)18(2)11-12-34/h9-10,13-16,18-19,21-22,34H,5-8,11-12,30H2,1-4H3,(H,31,32,33)/t18?,19-,21?,22?/m1/s1. The Morgan fingerprint density at radius 3 is 2.51 bits per heavy atom. The number of fused-ring (bicyclic) bond motifs is 1. The Morgan fingerprint density at radius 2 is 1.83 bits per heavy atom. The molecule has 0 bridgehead atoms. The van der Waals surface area contributed by atoms with Gasteiger partial charge in [0.2, 0.25) is 0 Å². The number of aryl methyl sites for hydroxylation is 2. The third-order valence-corrected chi connectivity index (χ3v) is 7.46. The lowest BCUT2D eigenvalue weighted by molar-refractivity contribution is -0.127. The highest BCUT2D eigenvalue weighted by Crippen LogP contribution is 2.39. The zero-order chi connectivity index (χ0) is 25.1. The Labute approximate surface area is 208 Å². The molecule has 1 heterocycles. The van der Waals surface area contributed by atoms with Gasteiger partial charge in [-0.2, -0.15) is 0 Å². The highest BCUT2D eigenvalue weighted by Gasteiger charge is 2.29. The minimum atomic E-state index is -0.0537. The molecule has 2 aromatic carbocycles. The average molecular weight is 475 g/mol. The van der Waals surface area contributed by atoms with Crippen molar-refractivity contribution in [3.05, 3.63) is 58.9 Å². The number of nitrogens with one attached hydrogen (secondary N) is 1. The summed E-state index contributed by atoms with van der Waals surface area (Å²) in [5.74, 6) is 2.39. The van der Waals surface area contributed by atoms with Crippen LogP contribution in [0.5, 0.6) is 0 Å². The van der Waals surface area contributed by atoms with E-state index in [1.165, 1.54) is 5.56 Å². The number of hydrogen-bond acceptors (Lipinski definition) is 6. The number of aliphatic hydroxyl groups is 1. The van der Waals surface area contributed by atoms with Crippen molar-refractivity contribution in [1.29, 1.82) is 0 Å². The number of aromatic nitrogens is 2. The van der Waals surface area contributed by atoms with Gasteiger partial charge in [0.05, 0.1) is 11.6 Å². The maximum atomic E-state index is 12.7. The number of carbonyl (C=O) groups is 1. The fourth-order valence-corrected chi connectivity index (χ4v) is 5.46. The smallest absolute Gasteiger partial charge is 0.138 e. The molecule has 186 valence electrons. The highest BCUT2D eigenvalue weighted by molar-refractivity contribution is 5.90. The molecule has 1 fully saturated rings. The largest absolute Gasteiger partial charge is 0.399 e. The minimum Gasteiger partial charge on any atom is -0.399 e. The van der Waals surface area contributed by atoms with Crippen molar-refractivity contribution in [2.24, 2.45) is 11.8 Å². The molecule has 0 aliphatic heterocycles. The summed E-state index contributed by atoms with van der Waals surface area (Å²) in [6.45, 7) is 8.11. The summed E-state index contributed by atoms with van der Waals surface area (Å²) in [6, 6.07) is 12.7. The van der Waals surface area contributed by atoms with Gasteiger partial charge in [0.15, 0.2) is 0 Å². The quantitative estimate of drug-likeness (QED) is 0.353. The van der Waals surface area contributed by atoms with E-state index in [4.69, 9.17) is 10.7 Å². The lowest BCUT2D eigenvalue weighted by Crippen LogP contribution is -2.26. The van der Waals surface area contributed by atoms with Crippen molar-refractivity contribution >= 4 is 28.2 Å². The Balaban J connectivity index is 1.54. The number of rotatable bonds is 8. The van der Waals surface area contributed by atoms with Gasteiger partial charge in [-0.05, 0) is 99.7 Å². The number of ketones is 1. The molecular weight excluding hydrogens is 436 g/mol. The van der Waals surface area contributed by atoms with E-state index in [-0.39, 0.29) is 24.5 Å². The van der Waals surface area contributed by atoms with Crippen molar-refractivity contribution in [3.63, 3.8) is 0 Å². The molecule has 6 heteroatoms. The van der Waals surface area contributed by atoms with E-state index < -0.39 is 0 Å². The first kappa shape index (κ1) is 25.1. The van der Waals surface area contributed by atoms with Crippen LogP contribution in [0.3, 0.4) is 0 Å². The summed E-state index contributed by atoms with van der Waals surface area (Å²) in [5.41, 5.74) is 11.3. The monoisotopic (exact) mass is 474 g/mol. The maximum absolute atomic E-state index is 12.7. The SMILES string of the molecule is Cc1cc(N)cc([C@@H](C)Nc2nc(C)nc3ccc(C4CCC(C(=O)C(C)CCO)CC4)cc23)c1. The molecule has 1 unspecified atom stereocenters. The van der Waals surface area contributed by atoms with E-state index >= 15 is 0 Å². The summed E-state index contributed by atoms with van der Waals surface area (Å²) in [4.78, 5) is 22.1. The first-order chi connectivity index (χ1) is 16.7. The topological polar surface area (TPSA) is 101 Å². The van der Waals surface area contributed by atoms with Crippen LogP contribution in [0, 0.1) is 25.7 Å². The number of anilines is 2. The second kappa shape index (κ2) is 10.7. The van der Waals surface area contributed by atoms with E-state index in [1.807, 2.05) is 26.0 Å². The molecule has 0 spiro atoms. The van der Waals surface area contributed by atoms with Gasteiger partial charge in [-0.15, -0.1) is 0 Å². The lowest BCUT2D eigenvalue weighted by atomic mass is 9.75. The predicted octanol–water partition coefficient (Wildman–Crippen LogP) is 5.86. The van der Waals surface area contributed by atoms with E-state index in [0.717, 1.165) is 65.0 Å². The third kappa shape index (κ3) is 5.81. The first-order valence-electron chi connectivity index (χ1n) is 12.8. The number of hydrogen-bond donors (Lipinski definition) is 3. The van der Waals surface area contributed by atoms with Crippen LogP contribution in [0.4, 0.5) is 11.5 Å². The van der Waals surface area contributed by atoms with Crippen LogP contribution >= 0.6 is 0 Å². The molecular formula is C29H38N4O2. The summed E-state index contributed by atoms with van der Waals surface area (Å²) in [5, 5.41) is 13.8. The third-order valence-electron chi connectivity index (χ3n) is 7.46. The van der Waals surface area contributed by atoms with Crippen LogP contribution in [0.2, 0.25) is 0 Å². The predicted molar refractivity (Wildman–Crippen MR) is 142 cm³/mol. The van der Waals surface area contributed by atoms with Gasteiger partial charge in [-0.1, -0.05) is 19.1 Å². The van der Waals surface area contributed by atoms with Gasteiger partial charge in [0, 0.05) is 29.5 Å². The maximum Gasteiger partial charge on any atom is 0.138 e. The Bertz CT molecular complexity index is 1180. The molecule has 3 aromatic rings. The van der Waals surface area contributed by atoms with E-state index in [1.54, 1.807) is 0 Å². The second-order valence-electron chi connectivity index (χ2n) is 10.3. The van der Waals surface area contributed by atoms with Gasteiger partial charge in [-0.3, -0.25) is 4.79 Å². The van der Waals surface area contributed by atoms with E-state index in [0.29, 0.717) is 18.1 Å². The second-order valence-corrected chi connectivity index (χ2v) is 10.3. The minimum absolute atomic E-state index is 0.0423. The number of nitrogens with zero attached hydrogens (tertiary/aromatic N) is 2. The Kier molecular flexibility index (Phi) is 7.70. The van der Waals surface area contributed by atoms with Gasteiger partial charge >= 0.3 is 0 Å². The normalized spacial score (nSPS) is 19.9. The summed E-state index contributed by atoms with van der Waals surface area (Å²) >= 11 is 0. The summed E-state index contributed by atoms with van der Waals surface area (Å²) in [6.07, 6.45) is 4.40. The molecule has 35 heavy (non-hydrogen) atoms. The van der Waals surface area contributed by atoms with Gasteiger partial charge < -0.3 is 16.2 Å². The molecule has 4 N–H and O–H groups in total. The molecule has 1 aliphatic rings. The van der Waals surface area contributed by atoms with Crippen LogP contribution in [-0.2, 0) is 4.79 Å². The van der Waals surface area contributed by atoms with E-state index in [9.17, 15) is 9.90 Å². The van der Waals surface area contributed by atoms with Crippen molar-refractivity contribution in [2.75, 3.05) is 17.7 Å². The Hall–Kier alpha value is -2.99. The zero-order valence-corrected chi connectivity index (χ0v) is 21.3. The molecule has 1 aromatic heterocycles. The van der Waals surface area contributed by atoms with Gasteiger partial charge in [0.1, 0.15) is 17.4 Å². The van der Waals surface area contributed by atoms with Crippen molar-refractivity contribution in [3.8, 4) is 0 Å². The van der Waals surface area contributed by atoms with Crippen LogP contribution in [0.15, 0.2) is 36.4 Å². The number of benzene rings is 2. The molecule has 1 aliphatic carbocycles. The molecule has 0 amide bonds. The molecule has 4 rings (SSSR count). The average Bonchev–Trinajstić information content (AvgIpc) is 2.83. The van der Waals surface area contributed by atoms with Crippen LogP contribution < -0.4 is 11.1 Å². The molecule has 2 atom stereocenters. The van der Waals surface area contributed by atoms with E-state index in [2.05, 4.69) is 48.4 Å². The zero-order valence-electron chi connectivity index (χ0n) is 21.3. The van der Waals surface area contributed by atoms with Crippen molar-refractivity contribution in [2.45, 2.75) is 71.8 Å².